The molecule has 0 spiro atoms. The number of methoxy groups -OCH3 is 3. The Morgan fingerprint density at radius 2 is 1.50 bits per heavy atom. The van der Waals surface area contributed by atoms with Gasteiger partial charge in [-0.15, -0.1) is 0 Å². The number of hydrogen-bond donors (Lipinski definition) is 0. The van der Waals surface area contributed by atoms with Gasteiger partial charge in [-0.1, -0.05) is 32.1 Å². The summed E-state index contributed by atoms with van der Waals surface area (Å²) in [4.78, 5) is 0. The zero-order chi connectivity index (χ0) is 14.4. The highest BCUT2D eigenvalue weighted by Crippen LogP contribution is 2.39. The quantitative estimate of drug-likeness (QED) is 0.779. The molecule has 0 atom stereocenters. The highest BCUT2D eigenvalue weighted by atomic mass is 16.5. The zero-order valence-corrected chi connectivity index (χ0v) is 12.9. The smallest absolute Gasteiger partial charge is 0.203 e. The second-order valence-electron chi connectivity index (χ2n) is 5.58. The molecule has 0 aromatic heterocycles. The Labute approximate surface area is 122 Å². The van der Waals surface area contributed by atoms with E-state index in [1.165, 1.54) is 44.1 Å². The van der Waals surface area contributed by atoms with Gasteiger partial charge >= 0.3 is 0 Å². The molecule has 2 rings (SSSR count). The lowest BCUT2D eigenvalue weighted by molar-refractivity contribution is 0.322. The Morgan fingerprint density at radius 1 is 0.900 bits per heavy atom. The molecule has 3 nitrogen and oxygen atoms in total. The molecule has 1 fully saturated rings. The Bertz CT molecular complexity index is 397. The normalized spacial score (nSPS) is 15.9. The number of ether oxygens (including phenoxy) is 3. The molecule has 3 heteroatoms. The Balaban J connectivity index is 2.06. The van der Waals surface area contributed by atoms with Crippen LogP contribution in [0.15, 0.2) is 12.1 Å². The van der Waals surface area contributed by atoms with Gasteiger partial charge in [0.1, 0.15) is 0 Å². The summed E-state index contributed by atoms with van der Waals surface area (Å²) in [5, 5.41) is 0. The lowest BCUT2D eigenvalue weighted by atomic mass is 9.85. The van der Waals surface area contributed by atoms with E-state index < -0.39 is 0 Å². The van der Waals surface area contributed by atoms with E-state index in [9.17, 15) is 0 Å². The fraction of sp³-hybridized carbons (Fsp3) is 0.647. The molecule has 1 aliphatic carbocycles. The maximum Gasteiger partial charge on any atom is 0.203 e. The Hall–Kier alpha value is -1.38. The molecule has 1 aromatic rings. The summed E-state index contributed by atoms with van der Waals surface area (Å²) in [6, 6.07) is 4.15. The minimum Gasteiger partial charge on any atom is -0.493 e. The minimum absolute atomic E-state index is 0.677. The summed E-state index contributed by atoms with van der Waals surface area (Å²) >= 11 is 0. The van der Waals surface area contributed by atoms with Crippen LogP contribution < -0.4 is 14.2 Å². The third-order valence-corrected chi connectivity index (χ3v) is 4.29. The summed E-state index contributed by atoms with van der Waals surface area (Å²) in [6.45, 7) is 0. The summed E-state index contributed by atoms with van der Waals surface area (Å²) < 4.78 is 16.2. The minimum atomic E-state index is 0.677. The van der Waals surface area contributed by atoms with Gasteiger partial charge in [-0.2, -0.15) is 0 Å². The lowest BCUT2D eigenvalue weighted by Crippen LogP contribution is -2.07. The van der Waals surface area contributed by atoms with Crippen molar-refractivity contribution >= 4 is 0 Å². The molecular formula is C17H26O3. The Kier molecular flexibility index (Phi) is 5.57. The highest BCUT2D eigenvalue weighted by Gasteiger charge is 2.16. The van der Waals surface area contributed by atoms with E-state index in [2.05, 4.69) is 12.1 Å². The SMILES string of the molecule is COc1cc(CCC2CCCCC2)cc(OC)c1OC. The van der Waals surface area contributed by atoms with Crippen LogP contribution in [0.4, 0.5) is 0 Å². The van der Waals surface area contributed by atoms with Crippen molar-refractivity contribution in [2.45, 2.75) is 44.9 Å². The average molecular weight is 278 g/mol. The van der Waals surface area contributed by atoms with Crippen LogP contribution >= 0.6 is 0 Å². The molecule has 0 bridgehead atoms. The molecule has 20 heavy (non-hydrogen) atoms. The van der Waals surface area contributed by atoms with Crippen LogP contribution in [0.5, 0.6) is 17.2 Å². The molecule has 0 amide bonds. The second kappa shape index (κ2) is 7.41. The first-order valence-electron chi connectivity index (χ1n) is 7.57. The average Bonchev–Trinajstić information content (AvgIpc) is 2.52. The van der Waals surface area contributed by atoms with E-state index in [1.807, 2.05) is 0 Å². The predicted octanol–water partition coefficient (Wildman–Crippen LogP) is 4.23. The molecule has 0 saturated heterocycles. The number of hydrogen-bond acceptors (Lipinski definition) is 3. The van der Waals surface area contributed by atoms with E-state index in [0.717, 1.165) is 23.8 Å². The molecule has 0 aliphatic heterocycles. The molecule has 0 radical (unpaired) electrons. The van der Waals surface area contributed by atoms with Gasteiger partial charge in [-0.25, -0.2) is 0 Å². The number of aryl methyl sites for hydroxylation is 1. The third kappa shape index (κ3) is 3.59. The van der Waals surface area contributed by atoms with Crippen molar-refractivity contribution in [3.63, 3.8) is 0 Å². The van der Waals surface area contributed by atoms with Crippen LogP contribution in [-0.4, -0.2) is 21.3 Å². The van der Waals surface area contributed by atoms with Crippen molar-refractivity contribution in [1.82, 2.24) is 0 Å². The molecule has 0 unspecified atom stereocenters. The van der Waals surface area contributed by atoms with Gasteiger partial charge < -0.3 is 14.2 Å². The largest absolute Gasteiger partial charge is 0.493 e. The van der Waals surface area contributed by atoms with Crippen LogP contribution in [-0.2, 0) is 6.42 Å². The first kappa shape index (κ1) is 15.0. The number of rotatable bonds is 6. The van der Waals surface area contributed by atoms with Gasteiger partial charge in [0.15, 0.2) is 11.5 Å². The molecular weight excluding hydrogens is 252 g/mol. The summed E-state index contributed by atoms with van der Waals surface area (Å²) in [5.41, 5.74) is 1.27. The zero-order valence-electron chi connectivity index (χ0n) is 12.9. The predicted molar refractivity (Wildman–Crippen MR) is 81.0 cm³/mol. The monoisotopic (exact) mass is 278 g/mol. The molecule has 0 N–H and O–H groups in total. The maximum absolute atomic E-state index is 5.41. The van der Waals surface area contributed by atoms with Gasteiger partial charge in [0, 0.05) is 0 Å². The van der Waals surface area contributed by atoms with Gasteiger partial charge in [-0.05, 0) is 36.5 Å². The van der Waals surface area contributed by atoms with Gasteiger partial charge in [0.05, 0.1) is 21.3 Å². The first-order valence-corrected chi connectivity index (χ1v) is 7.57. The molecule has 0 heterocycles. The molecule has 1 aromatic carbocycles. The van der Waals surface area contributed by atoms with Gasteiger partial charge in [-0.3, -0.25) is 0 Å². The van der Waals surface area contributed by atoms with Crippen molar-refractivity contribution in [3.8, 4) is 17.2 Å². The van der Waals surface area contributed by atoms with E-state index in [1.54, 1.807) is 21.3 Å². The van der Waals surface area contributed by atoms with Crippen LogP contribution in [0.25, 0.3) is 0 Å². The van der Waals surface area contributed by atoms with Crippen molar-refractivity contribution < 1.29 is 14.2 Å². The number of benzene rings is 1. The standard InChI is InChI=1S/C17H26O3/c1-18-15-11-14(12-16(19-2)17(15)20-3)10-9-13-7-5-4-6-8-13/h11-13H,4-10H2,1-3H3. The van der Waals surface area contributed by atoms with E-state index in [4.69, 9.17) is 14.2 Å². The van der Waals surface area contributed by atoms with Crippen molar-refractivity contribution in [2.75, 3.05) is 21.3 Å². The fourth-order valence-corrected chi connectivity index (χ4v) is 3.13. The van der Waals surface area contributed by atoms with E-state index in [-0.39, 0.29) is 0 Å². The fourth-order valence-electron chi connectivity index (χ4n) is 3.13. The summed E-state index contributed by atoms with van der Waals surface area (Å²) in [5.74, 6) is 3.08. The van der Waals surface area contributed by atoms with Crippen LogP contribution in [0.3, 0.4) is 0 Å². The van der Waals surface area contributed by atoms with Crippen molar-refractivity contribution in [1.29, 1.82) is 0 Å². The topological polar surface area (TPSA) is 27.7 Å². The summed E-state index contributed by atoms with van der Waals surface area (Å²) in [7, 11) is 4.98. The molecule has 1 aliphatic rings. The van der Waals surface area contributed by atoms with E-state index in [0.29, 0.717) is 5.75 Å². The first-order chi connectivity index (χ1) is 9.78. The van der Waals surface area contributed by atoms with E-state index >= 15 is 0 Å². The van der Waals surface area contributed by atoms with Crippen LogP contribution in [0.1, 0.15) is 44.1 Å². The van der Waals surface area contributed by atoms with Crippen LogP contribution in [0.2, 0.25) is 0 Å². The second-order valence-corrected chi connectivity index (χ2v) is 5.58. The summed E-state index contributed by atoms with van der Waals surface area (Å²) in [6.07, 6.45) is 9.36. The van der Waals surface area contributed by atoms with Gasteiger partial charge in [0.2, 0.25) is 5.75 Å². The highest BCUT2D eigenvalue weighted by molar-refractivity contribution is 5.53. The van der Waals surface area contributed by atoms with Gasteiger partial charge in [0.25, 0.3) is 0 Å². The lowest BCUT2D eigenvalue weighted by Gasteiger charge is -2.21. The van der Waals surface area contributed by atoms with Crippen molar-refractivity contribution in [2.24, 2.45) is 5.92 Å². The third-order valence-electron chi connectivity index (χ3n) is 4.29. The van der Waals surface area contributed by atoms with Crippen molar-refractivity contribution in [3.05, 3.63) is 17.7 Å². The van der Waals surface area contributed by atoms with Crippen LogP contribution in [0, 0.1) is 5.92 Å². The Morgan fingerprint density at radius 3 is 2.00 bits per heavy atom. The molecule has 112 valence electrons. The molecule has 1 saturated carbocycles. The maximum atomic E-state index is 5.41.